The topological polar surface area (TPSA) is 88.4 Å². The van der Waals surface area contributed by atoms with Crippen LogP contribution in [0, 0.1) is 11.8 Å². The number of likely N-dealkylation sites (tertiary alicyclic amines) is 1. The summed E-state index contributed by atoms with van der Waals surface area (Å²) < 4.78 is 5.40. The van der Waals surface area contributed by atoms with Crippen LogP contribution < -0.4 is 4.74 Å². The van der Waals surface area contributed by atoms with Crippen LogP contribution in [-0.2, 0) is 11.2 Å². The molecule has 7 nitrogen and oxygen atoms in total. The third-order valence-corrected chi connectivity index (χ3v) is 7.67. The summed E-state index contributed by atoms with van der Waals surface area (Å²) in [6, 6.07) is 10.1. The van der Waals surface area contributed by atoms with Crippen molar-refractivity contribution in [1.29, 1.82) is 0 Å². The van der Waals surface area contributed by atoms with Gasteiger partial charge in [-0.15, -0.1) is 11.8 Å². The standard InChI is InChI=1S/C26H32N4O3S/c1-33-22-5-6-25-24(16-22)20(7-10-27-25)4-2-3-19-9-12-30(18-21(19)15-26(31)32)13-14-34-23-8-11-28-29-17-23/h5-8,10-11,16-17,19,21H,2-4,9,12-15,18H2,1H3,(H,31,32)/t19-,21+/m1/s1. The minimum Gasteiger partial charge on any atom is -0.497 e. The predicted molar refractivity (Wildman–Crippen MR) is 134 cm³/mol. The third kappa shape index (κ3) is 6.67. The summed E-state index contributed by atoms with van der Waals surface area (Å²) in [7, 11) is 1.68. The van der Waals surface area contributed by atoms with Crippen molar-refractivity contribution in [3.05, 3.63) is 54.5 Å². The molecule has 1 saturated heterocycles. The first kappa shape index (κ1) is 24.4. The molecular formula is C26H32N4O3S. The van der Waals surface area contributed by atoms with Crippen LogP contribution in [0.2, 0.25) is 0 Å². The van der Waals surface area contributed by atoms with E-state index < -0.39 is 5.97 Å². The smallest absolute Gasteiger partial charge is 0.303 e. The second-order valence-electron chi connectivity index (χ2n) is 8.88. The van der Waals surface area contributed by atoms with Crippen molar-refractivity contribution >= 4 is 28.6 Å². The van der Waals surface area contributed by atoms with E-state index in [1.54, 1.807) is 31.3 Å². The number of methoxy groups -OCH3 is 1. The summed E-state index contributed by atoms with van der Waals surface area (Å²) >= 11 is 1.77. The SMILES string of the molecule is COc1ccc2nccc(CCC[C@@H]3CCN(CCSc4ccnnc4)C[C@@H]3CC(=O)O)c2c1. The van der Waals surface area contributed by atoms with Gasteiger partial charge < -0.3 is 14.7 Å². The van der Waals surface area contributed by atoms with Gasteiger partial charge in [-0.25, -0.2) is 0 Å². The molecular weight excluding hydrogens is 448 g/mol. The molecule has 0 aliphatic carbocycles. The number of ether oxygens (including phenoxy) is 1. The van der Waals surface area contributed by atoms with Gasteiger partial charge in [0.25, 0.3) is 0 Å². The Morgan fingerprint density at radius 2 is 2.12 bits per heavy atom. The zero-order valence-corrected chi connectivity index (χ0v) is 20.4. The van der Waals surface area contributed by atoms with Crippen molar-refractivity contribution in [3.63, 3.8) is 0 Å². The number of rotatable bonds is 11. The average Bonchev–Trinajstić information content (AvgIpc) is 2.85. The number of carbonyl (C=O) groups is 1. The lowest BCUT2D eigenvalue weighted by Crippen LogP contribution is -2.42. The van der Waals surface area contributed by atoms with Crippen LogP contribution in [0.5, 0.6) is 5.75 Å². The summed E-state index contributed by atoms with van der Waals surface area (Å²) in [6.07, 6.45) is 9.73. The number of piperidine rings is 1. The van der Waals surface area contributed by atoms with Crippen LogP contribution in [0.4, 0.5) is 0 Å². The average molecular weight is 481 g/mol. The molecule has 1 aliphatic heterocycles. The number of aryl methyl sites for hydroxylation is 1. The quantitative estimate of drug-likeness (QED) is 0.400. The molecule has 3 heterocycles. The lowest BCUT2D eigenvalue weighted by atomic mass is 9.80. The molecule has 4 rings (SSSR count). The van der Waals surface area contributed by atoms with Crippen molar-refractivity contribution in [1.82, 2.24) is 20.1 Å². The number of benzene rings is 1. The van der Waals surface area contributed by atoms with Gasteiger partial charge in [-0.1, -0.05) is 0 Å². The highest BCUT2D eigenvalue weighted by Crippen LogP contribution is 2.32. The van der Waals surface area contributed by atoms with Crippen LogP contribution in [0.1, 0.15) is 31.2 Å². The van der Waals surface area contributed by atoms with Gasteiger partial charge >= 0.3 is 5.97 Å². The summed E-state index contributed by atoms with van der Waals surface area (Å²) in [5.41, 5.74) is 2.26. The molecule has 0 saturated carbocycles. The Labute approximate surface area is 204 Å². The molecule has 1 N–H and O–H groups in total. The highest BCUT2D eigenvalue weighted by Gasteiger charge is 2.30. The first-order chi connectivity index (χ1) is 16.6. The maximum absolute atomic E-state index is 11.6. The Morgan fingerprint density at radius 1 is 1.21 bits per heavy atom. The molecule has 0 unspecified atom stereocenters. The van der Waals surface area contributed by atoms with Crippen LogP contribution in [-0.4, -0.2) is 63.7 Å². The van der Waals surface area contributed by atoms with Crippen LogP contribution in [0.3, 0.4) is 0 Å². The zero-order chi connectivity index (χ0) is 23.8. The number of aliphatic carboxylic acids is 1. The molecule has 1 aromatic carbocycles. The second kappa shape index (κ2) is 12.1. The molecule has 3 aromatic rings. The fourth-order valence-electron chi connectivity index (χ4n) is 4.93. The van der Waals surface area contributed by atoms with Crippen molar-refractivity contribution in [2.24, 2.45) is 11.8 Å². The number of nitrogens with zero attached hydrogens (tertiary/aromatic N) is 4. The second-order valence-corrected chi connectivity index (χ2v) is 10.0. The lowest BCUT2D eigenvalue weighted by Gasteiger charge is -2.38. The summed E-state index contributed by atoms with van der Waals surface area (Å²) in [6.45, 7) is 2.85. The Balaban J connectivity index is 1.31. The van der Waals surface area contributed by atoms with E-state index in [9.17, 15) is 9.90 Å². The summed E-state index contributed by atoms with van der Waals surface area (Å²) in [5, 5.41) is 18.4. The van der Waals surface area contributed by atoms with Gasteiger partial charge in [-0.05, 0) is 80.0 Å². The van der Waals surface area contributed by atoms with Crippen LogP contribution in [0.25, 0.3) is 10.9 Å². The number of fused-ring (bicyclic) bond motifs is 1. The lowest BCUT2D eigenvalue weighted by molar-refractivity contribution is -0.139. The van der Waals surface area contributed by atoms with Gasteiger partial charge in [-0.2, -0.15) is 10.2 Å². The Morgan fingerprint density at radius 3 is 2.91 bits per heavy atom. The van der Waals surface area contributed by atoms with Crippen molar-refractivity contribution in [2.75, 3.05) is 32.5 Å². The number of thioether (sulfide) groups is 1. The fourth-order valence-corrected chi connectivity index (χ4v) is 5.80. The molecule has 0 radical (unpaired) electrons. The van der Waals surface area contributed by atoms with Gasteiger partial charge in [0, 0.05) is 41.7 Å². The Kier molecular flexibility index (Phi) is 8.71. The van der Waals surface area contributed by atoms with Crippen LogP contribution >= 0.6 is 11.8 Å². The first-order valence-corrected chi connectivity index (χ1v) is 12.9. The molecule has 0 bridgehead atoms. The summed E-state index contributed by atoms with van der Waals surface area (Å²) in [5.74, 6) is 1.77. The summed E-state index contributed by atoms with van der Waals surface area (Å²) in [4.78, 5) is 19.6. The van der Waals surface area contributed by atoms with E-state index in [4.69, 9.17) is 4.74 Å². The number of hydrogen-bond acceptors (Lipinski definition) is 7. The van der Waals surface area contributed by atoms with E-state index in [2.05, 4.69) is 32.2 Å². The molecule has 0 amide bonds. The van der Waals surface area contributed by atoms with E-state index in [0.29, 0.717) is 5.92 Å². The maximum atomic E-state index is 11.6. The number of aromatic nitrogens is 3. The van der Waals surface area contributed by atoms with E-state index >= 15 is 0 Å². The molecule has 34 heavy (non-hydrogen) atoms. The van der Waals surface area contributed by atoms with E-state index in [1.165, 1.54) is 5.56 Å². The Hall–Kier alpha value is -2.71. The van der Waals surface area contributed by atoms with Gasteiger partial charge in [-0.3, -0.25) is 9.78 Å². The highest BCUT2D eigenvalue weighted by atomic mass is 32.2. The minimum absolute atomic E-state index is 0.202. The number of pyridine rings is 1. The number of carboxylic acid groups (broad SMARTS) is 1. The maximum Gasteiger partial charge on any atom is 0.303 e. The molecule has 2 aromatic heterocycles. The van der Waals surface area contributed by atoms with E-state index in [0.717, 1.165) is 72.6 Å². The zero-order valence-electron chi connectivity index (χ0n) is 19.6. The monoisotopic (exact) mass is 480 g/mol. The van der Waals surface area contributed by atoms with Crippen molar-refractivity contribution in [2.45, 2.75) is 37.0 Å². The van der Waals surface area contributed by atoms with Gasteiger partial charge in [0.15, 0.2) is 0 Å². The predicted octanol–water partition coefficient (Wildman–Crippen LogP) is 4.56. The van der Waals surface area contributed by atoms with E-state index in [-0.39, 0.29) is 12.3 Å². The number of hydrogen-bond donors (Lipinski definition) is 1. The van der Waals surface area contributed by atoms with Crippen molar-refractivity contribution < 1.29 is 14.6 Å². The Bertz CT molecular complexity index is 1080. The first-order valence-electron chi connectivity index (χ1n) is 11.9. The van der Waals surface area contributed by atoms with Crippen molar-refractivity contribution in [3.8, 4) is 5.75 Å². The normalized spacial score (nSPS) is 18.7. The van der Waals surface area contributed by atoms with E-state index in [1.807, 2.05) is 24.4 Å². The fraction of sp³-hybridized carbons (Fsp3) is 0.462. The molecule has 0 spiro atoms. The van der Waals surface area contributed by atoms with Gasteiger partial charge in [0.1, 0.15) is 5.75 Å². The number of carboxylic acids is 1. The third-order valence-electron chi connectivity index (χ3n) is 6.71. The van der Waals surface area contributed by atoms with Gasteiger partial charge in [0.05, 0.1) is 25.0 Å². The van der Waals surface area contributed by atoms with Gasteiger partial charge in [0.2, 0.25) is 0 Å². The minimum atomic E-state index is -0.693. The highest BCUT2D eigenvalue weighted by molar-refractivity contribution is 7.99. The molecule has 8 heteroatoms. The molecule has 1 aliphatic rings. The molecule has 2 atom stereocenters. The molecule has 180 valence electrons. The molecule has 1 fully saturated rings. The largest absolute Gasteiger partial charge is 0.497 e. The van der Waals surface area contributed by atoms with Crippen LogP contribution in [0.15, 0.2) is 53.8 Å².